The highest BCUT2D eigenvalue weighted by atomic mass is 32.2. The molecule has 8 heteroatoms. The number of amides is 1. The maximum Gasteiger partial charge on any atom is 0.237 e. The number of rotatable bonds is 7. The largest absolute Gasteiger partial charge is 0.389 e. The van der Waals surface area contributed by atoms with Gasteiger partial charge in [-0.2, -0.15) is 0 Å². The molecular formula is C13H19N3O3S2. The molecule has 0 aliphatic carbocycles. The molecule has 0 spiro atoms. The maximum atomic E-state index is 12.1. The molecule has 0 saturated carbocycles. The topological polar surface area (TPSA) is 101 Å². The van der Waals surface area contributed by atoms with Crippen molar-refractivity contribution in [3.8, 4) is 0 Å². The fraction of sp³-hybridized carbons (Fsp3) is 0.385. The number of hydrogen-bond donors (Lipinski definition) is 3. The van der Waals surface area contributed by atoms with E-state index in [1.807, 2.05) is 0 Å². The lowest BCUT2D eigenvalue weighted by Crippen LogP contribution is -2.45. The van der Waals surface area contributed by atoms with Crippen LogP contribution in [0.3, 0.4) is 0 Å². The van der Waals surface area contributed by atoms with Crippen molar-refractivity contribution in [3.05, 3.63) is 35.4 Å². The van der Waals surface area contributed by atoms with Crippen LogP contribution in [-0.2, 0) is 20.6 Å². The highest BCUT2D eigenvalue weighted by molar-refractivity contribution is 7.88. The lowest BCUT2D eigenvalue weighted by Gasteiger charge is -2.15. The van der Waals surface area contributed by atoms with Gasteiger partial charge in [-0.05, 0) is 19.4 Å². The molecule has 0 radical (unpaired) electrons. The Labute approximate surface area is 130 Å². The minimum Gasteiger partial charge on any atom is -0.389 e. The van der Waals surface area contributed by atoms with Crippen molar-refractivity contribution in [2.45, 2.75) is 25.6 Å². The number of nitrogens with two attached hydrogens (primary N) is 1. The summed E-state index contributed by atoms with van der Waals surface area (Å²) in [5.74, 6) is -0.659. The van der Waals surface area contributed by atoms with Gasteiger partial charge in [-0.3, -0.25) is 4.79 Å². The molecule has 0 aromatic heterocycles. The molecule has 1 rings (SSSR count). The van der Waals surface area contributed by atoms with Gasteiger partial charge < -0.3 is 11.1 Å². The van der Waals surface area contributed by atoms with Crippen molar-refractivity contribution in [1.82, 2.24) is 10.0 Å². The molecule has 21 heavy (non-hydrogen) atoms. The Morgan fingerprint density at radius 2 is 2.00 bits per heavy atom. The molecule has 0 fully saturated rings. The molecule has 4 N–H and O–H groups in total. The Morgan fingerprint density at radius 1 is 1.38 bits per heavy atom. The first-order valence-corrected chi connectivity index (χ1v) is 8.48. The minimum atomic E-state index is -3.68. The number of carbonyl (C=O) groups excluding carboxylic acids is 1. The van der Waals surface area contributed by atoms with Crippen LogP contribution in [-0.4, -0.2) is 31.9 Å². The van der Waals surface area contributed by atoms with Crippen LogP contribution in [0.1, 0.15) is 25.0 Å². The predicted octanol–water partition coefficient (Wildman–Crippen LogP) is 0.265. The van der Waals surface area contributed by atoms with Crippen LogP contribution in [0.5, 0.6) is 0 Å². The Bertz CT molecular complexity index is 629. The number of thiocarbonyl (C=S) groups is 1. The Hall–Kier alpha value is -1.51. The van der Waals surface area contributed by atoms with Crippen LogP contribution in [0.25, 0.3) is 0 Å². The van der Waals surface area contributed by atoms with E-state index in [1.54, 1.807) is 31.2 Å². The molecule has 1 aromatic carbocycles. The monoisotopic (exact) mass is 329 g/mol. The third-order valence-electron chi connectivity index (χ3n) is 2.73. The number of sulfonamides is 1. The lowest BCUT2D eigenvalue weighted by atomic mass is 10.1. The van der Waals surface area contributed by atoms with E-state index in [0.29, 0.717) is 17.7 Å². The van der Waals surface area contributed by atoms with E-state index in [-0.39, 0.29) is 16.6 Å². The van der Waals surface area contributed by atoms with Crippen LogP contribution in [0.4, 0.5) is 0 Å². The summed E-state index contributed by atoms with van der Waals surface area (Å²) in [5.41, 5.74) is 6.59. The van der Waals surface area contributed by atoms with Gasteiger partial charge in [-0.15, -0.1) is 0 Å². The Balaban J connectivity index is 2.87. The molecular weight excluding hydrogens is 310 g/mol. The molecule has 0 saturated heterocycles. The van der Waals surface area contributed by atoms with Gasteiger partial charge in [0.1, 0.15) is 4.99 Å². The second kappa shape index (κ2) is 7.48. The second-order valence-corrected chi connectivity index (χ2v) is 6.71. The van der Waals surface area contributed by atoms with Crippen molar-refractivity contribution in [2.24, 2.45) is 5.73 Å². The van der Waals surface area contributed by atoms with E-state index >= 15 is 0 Å². The normalized spacial score (nSPS) is 12.7. The second-order valence-electron chi connectivity index (χ2n) is 4.51. The van der Waals surface area contributed by atoms with Gasteiger partial charge in [0, 0.05) is 12.1 Å². The van der Waals surface area contributed by atoms with Gasteiger partial charge in [0.15, 0.2) is 0 Å². The van der Waals surface area contributed by atoms with Crippen LogP contribution >= 0.6 is 12.2 Å². The molecule has 1 aromatic rings. The van der Waals surface area contributed by atoms with E-state index in [2.05, 4.69) is 10.0 Å². The van der Waals surface area contributed by atoms with E-state index in [9.17, 15) is 13.2 Å². The fourth-order valence-corrected chi connectivity index (χ4v) is 3.37. The number of carbonyl (C=O) groups is 1. The van der Waals surface area contributed by atoms with Gasteiger partial charge in [-0.1, -0.05) is 36.5 Å². The van der Waals surface area contributed by atoms with E-state index in [1.165, 1.54) is 6.92 Å². The molecule has 0 aliphatic heterocycles. The van der Waals surface area contributed by atoms with Crippen molar-refractivity contribution < 1.29 is 13.2 Å². The summed E-state index contributed by atoms with van der Waals surface area (Å²) in [5, 5.41) is 2.55. The lowest BCUT2D eigenvalue weighted by molar-refractivity contribution is -0.122. The van der Waals surface area contributed by atoms with E-state index in [0.717, 1.165) is 0 Å². The quantitative estimate of drug-likeness (QED) is 0.623. The van der Waals surface area contributed by atoms with E-state index < -0.39 is 16.1 Å². The highest BCUT2D eigenvalue weighted by Gasteiger charge is 2.21. The van der Waals surface area contributed by atoms with Crippen LogP contribution in [0.2, 0.25) is 0 Å². The molecule has 116 valence electrons. The molecule has 1 atom stereocenters. The van der Waals surface area contributed by atoms with Gasteiger partial charge in [0.2, 0.25) is 15.9 Å². The van der Waals surface area contributed by atoms with Crippen LogP contribution < -0.4 is 15.8 Å². The molecule has 0 aliphatic rings. The molecule has 0 heterocycles. The average molecular weight is 329 g/mol. The summed E-state index contributed by atoms with van der Waals surface area (Å²) in [6.07, 6.45) is 0. The zero-order chi connectivity index (χ0) is 16.0. The summed E-state index contributed by atoms with van der Waals surface area (Å²) in [7, 11) is -3.68. The van der Waals surface area contributed by atoms with Gasteiger partial charge in [0.05, 0.1) is 11.8 Å². The SMILES string of the molecule is CCNC(=O)C(C)NS(=O)(=O)Cc1ccccc1C(N)=S. The summed E-state index contributed by atoms with van der Waals surface area (Å²) < 4.78 is 26.6. The van der Waals surface area contributed by atoms with Gasteiger partial charge >= 0.3 is 0 Å². The smallest absolute Gasteiger partial charge is 0.237 e. The standard InChI is InChI=1S/C13H19N3O3S2/c1-3-15-13(17)9(2)16-21(18,19)8-10-6-4-5-7-11(10)12(14)20/h4-7,9,16H,3,8H2,1-2H3,(H2,14,20)(H,15,17). The Morgan fingerprint density at radius 3 is 2.57 bits per heavy atom. The zero-order valence-electron chi connectivity index (χ0n) is 11.9. The van der Waals surface area contributed by atoms with Gasteiger partial charge in [0.25, 0.3) is 0 Å². The van der Waals surface area contributed by atoms with E-state index in [4.69, 9.17) is 18.0 Å². The van der Waals surface area contributed by atoms with Crippen LogP contribution in [0, 0.1) is 0 Å². The fourth-order valence-electron chi connectivity index (χ4n) is 1.78. The van der Waals surface area contributed by atoms with Crippen molar-refractivity contribution in [1.29, 1.82) is 0 Å². The molecule has 0 bridgehead atoms. The van der Waals surface area contributed by atoms with Crippen molar-refractivity contribution >= 4 is 33.1 Å². The third-order valence-corrected chi connectivity index (χ3v) is 4.35. The first kappa shape index (κ1) is 17.5. The minimum absolute atomic E-state index is 0.137. The van der Waals surface area contributed by atoms with Gasteiger partial charge in [-0.25, -0.2) is 13.1 Å². The predicted molar refractivity (Wildman–Crippen MR) is 86.2 cm³/mol. The number of likely N-dealkylation sites (N-methyl/N-ethyl adjacent to an activating group) is 1. The summed E-state index contributed by atoms with van der Waals surface area (Å²) in [6.45, 7) is 3.69. The Kier molecular flexibility index (Phi) is 6.25. The van der Waals surface area contributed by atoms with Crippen LogP contribution in [0.15, 0.2) is 24.3 Å². The number of nitrogens with one attached hydrogen (secondary N) is 2. The summed E-state index contributed by atoms with van der Waals surface area (Å²) in [6, 6.07) is 5.91. The first-order valence-electron chi connectivity index (χ1n) is 6.42. The first-order chi connectivity index (χ1) is 9.76. The molecule has 1 unspecified atom stereocenters. The maximum absolute atomic E-state index is 12.1. The summed E-state index contributed by atoms with van der Waals surface area (Å²) in [4.78, 5) is 11.7. The molecule has 6 nitrogen and oxygen atoms in total. The third kappa shape index (κ3) is 5.41. The van der Waals surface area contributed by atoms with Crippen molar-refractivity contribution in [3.63, 3.8) is 0 Å². The van der Waals surface area contributed by atoms with Crippen molar-refractivity contribution in [2.75, 3.05) is 6.54 Å². The highest BCUT2D eigenvalue weighted by Crippen LogP contribution is 2.12. The number of hydrogen-bond acceptors (Lipinski definition) is 4. The average Bonchev–Trinajstić information content (AvgIpc) is 2.38. The zero-order valence-corrected chi connectivity index (χ0v) is 13.6. The number of benzene rings is 1. The summed E-state index contributed by atoms with van der Waals surface area (Å²) >= 11 is 4.90. The molecule has 1 amide bonds.